The lowest BCUT2D eigenvalue weighted by molar-refractivity contribution is -0.121. The number of H-pyrrole nitrogens is 1. The number of benzene rings is 1. The molecule has 0 aliphatic rings. The molecule has 0 aliphatic carbocycles. The van der Waals surface area contributed by atoms with E-state index in [4.69, 9.17) is 0 Å². The molecular weight excluding hydrogens is 288 g/mol. The third-order valence-corrected chi connectivity index (χ3v) is 4.20. The first-order chi connectivity index (χ1) is 10.8. The molecule has 0 saturated carbocycles. The molecule has 1 atom stereocenters. The van der Waals surface area contributed by atoms with Crippen molar-refractivity contribution in [3.63, 3.8) is 0 Å². The van der Waals surface area contributed by atoms with Crippen LogP contribution in [0, 0.1) is 12.8 Å². The highest BCUT2D eigenvalue weighted by Gasteiger charge is 2.21. The first kappa shape index (κ1) is 17.5. The summed E-state index contributed by atoms with van der Waals surface area (Å²) in [5.41, 5.74) is 2.38. The standard InChI is InChI=1S/C19H28N2O2/c1-13(2)7-8-19(4,23)12-21-18(22)10-15-11-20-17-9-14(3)5-6-16(15)17/h5-6,9,11,13,20,23H,7-8,10,12H2,1-4H3,(H,21,22). The van der Waals surface area contributed by atoms with Crippen molar-refractivity contribution >= 4 is 16.8 Å². The molecule has 126 valence electrons. The average Bonchev–Trinajstić information content (AvgIpc) is 2.85. The molecule has 0 fully saturated rings. The molecule has 1 amide bonds. The van der Waals surface area contributed by atoms with Crippen LogP contribution in [-0.4, -0.2) is 28.1 Å². The Morgan fingerprint density at radius 3 is 2.83 bits per heavy atom. The Hall–Kier alpha value is -1.81. The predicted molar refractivity (Wildman–Crippen MR) is 94.4 cm³/mol. The van der Waals surface area contributed by atoms with Crippen LogP contribution in [0.2, 0.25) is 0 Å². The number of amides is 1. The zero-order chi connectivity index (χ0) is 17.0. The van der Waals surface area contributed by atoms with E-state index in [1.54, 1.807) is 6.92 Å². The van der Waals surface area contributed by atoms with Gasteiger partial charge in [0.1, 0.15) is 0 Å². The maximum atomic E-state index is 12.2. The summed E-state index contributed by atoms with van der Waals surface area (Å²) in [6.45, 7) is 8.39. The van der Waals surface area contributed by atoms with Gasteiger partial charge >= 0.3 is 0 Å². The minimum Gasteiger partial charge on any atom is -0.388 e. The van der Waals surface area contributed by atoms with Crippen LogP contribution in [0.15, 0.2) is 24.4 Å². The van der Waals surface area contributed by atoms with Crippen molar-refractivity contribution in [2.45, 2.75) is 52.6 Å². The predicted octanol–water partition coefficient (Wildman–Crippen LogP) is 3.32. The van der Waals surface area contributed by atoms with Crippen molar-refractivity contribution in [3.8, 4) is 0 Å². The van der Waals surface area contributed by atoms with E-state index in [0.29, 0.717) is 25.3 Å². The topological polar surface area (TPSA) is 65.1 Å². The molecule has 2 rings (SSSR count). The van der Waals surface area contributed by atoms with Crippen LogP contribution in [0.3, 0.4) is 0 Å². The Bertz CT molecular complexity index is 671. The van der Waals surface area contributed by atoms with Gasteiger partial charge < -0.3 is 15.4 Å². The monoisotopic (exact) mass is 316 g/mol. The molecular formula is C19H28N2O2. The second kappa shape index (κ2) is 7.18. The molecule has 1 heterocycles. The molecule has 0 bridgehead atoms. The van der Waals surface area contributed by atoms with Crippen molar-refractivity contribution in [3.05, 3.63) is 35.5 Å². The number of hydrogen-bond donors (Lipinski definition) is 3. The SMILES string of the molecule is Cc1ccc2c(CC(=O)NCC(C)(O)CCC(C)C)c[nH]c2c1. The number of aliphatic hydroxyl groups is 1. The van der Waals surface area contributed by atoms with Gasteiger partial charge in [-0.3, -0.25) is 4.79 Å². The second-order valence-corrected chi connectivity index (χ2v) is 7.25. The molecule has 0 saturated heterocycles. The van der Waals surface area contributed by atoms with Crippen LogP contribution in [0.5, 0.6) is 0 Å². The van der Waals surface area contributed by atoms with Gasteiger partial charge in [0.25, 0.3) is 0 Å². The third kappa shape index (κ3) is 5.10. The fourth-order valence-corrected chi connectivity index (χ4v) is 2.66. The normalized spacial score (nSPS) is 14.2. The van der Waals surface area contributed by atoms with Gasteiger partial charge in [0.2, 0.25) is 5.91 Å². The van der Waals surface area contributed by atoms with Gasteiger partial charge in [0.05, 0.1) is 12.0 Å². The highest BCUT2D eigenvalue weighted by atomic mass is 16.3. The Morgan fingerprint density at radius 1 is 1.39 bits per heavy atom. The molecule has 23 heavy (non-hydrogen) atoms. The maximum Gasteiger partial charge on any atom is 0.224 e. The van der Waals surface area contributed by atoms with Gasteiger partial charge in [-0.1, -0.05) is 26.0 Å². The smallest absolute Gasteiger partial charge is 0.224 e. The lowest BCUT2D eigenvalue weighted by atomic mass is 9.95. The molecule has 1 aromatic heterocycles. The molecule has 4 nitrogen and oxygen atoms in total. The highest BCUT2D eigenvalue weighted by Crippen LogP contribution is 2.20. The molecule has 4 heteroatoms. The van der Waals surface area contributed by atoms with E-state index < -0.39 is 5.60 Å². The summed E-state index contributed by atoms with van der Waals surface area (Å²) < 4.78 is 0. The van der Waals surface area contributed by atoms with Crippen molar-refractivity contribution in [2.24, 2.45) is 5.92 Å². The van der Waals surface area contributed by atoms with Crippen LogP contribution < -0.4 is 5.32 Å². The number of hydrogen-bond acceptors (Lipinski definition) is 2. The summed E-state index contributed by atoms with van der Waals surface area (Å²) in [6, 6.07) is 6.17. The van der Waals surface area contributed by atoms with E-state index in [0.717, 1.165) is 22.9 Å². The number of aromatic amines is 1. The number of aryl methyl sites for hydroxylation is 1. The number of rotatable bonds is 7. The Kier molecular flexibility index (Phi) is 5.47. The summed E-state index contributed by atoms with van der Waals surface area (Å²) in [7, 11) is 0. The first-order valence-electron chi connectivity index (χ1n) is 8.32. The number of carbonyl (C=O) groups excluding carboxylic acids is 1. The zero-order valence-electron chi connectivity index (χ0n) is 14.6. The van der Waals surface area contributed by atoms with Crippen molar-refractivity contribution in [1.82, 2.24) is 10.3 Å². The maximum absolute atomic E-state index is 12.2. The number of fused-ring (bicyclic) bond motifs is 1. The minimum atomic E-state index is -0.850. The van der Waals surface area contributed by atoms with Crippen LogP contribution in [0.25, 0.3) is 10.9 Å². The second-order valence-electron chi connectivity index (χ2n) is 7.25. The molecule has 3 N–H and O–H groups in total. The van der Waals surface area contributed by atoms with Crippen molar-refractivity contribution < 1.29 is 9.90 Å². The van der Waals surface area contributed by atoms with Gasteiger partial charge in [0.15, 0.2) is 0 Å². The zero-order valence-corrected chi connectivity index (χ0v) is 14.6. The summed E-state index contributed by atoms with van der Waals surface area (Å²) in [5.74, 6) is 0.489. The Morgan fingerprint density at radius 2 is 2.13 bits per heavy atom. The molecule has 2 aromatic rings. The summed E-state index contributed by atoms with van der Waals surface area (Å²) in [4.78, 5) is 15.4. The van der Waals surface area contributed by atoms with Crippen LogP contribution >= 0.6 is 0 Å². The molecule has 0 spiro atoms. The van der Waals surface area contributed by atoms with Gasteiger partial charge in [-0.25, -0.2) is 0 Å². The first-order valence-corrected chi connectivity index (χ1v) is 8.32. The molecule has 0 radical (unpaired) electrons. The number of nitrogens with one attached hydrogen (secondary N) is 2. The van der Waals surface area contributed by atoms with Gasteiger partial charge in [-0.05, 0) is 49.8 Å². The molecule has 1 aromatic carbocycles. The van der Waals surface area contributed by atoms with Gasteiger partial charge in [-0.2, -0.15) is 0 Å². The van der Waals surface area contributed by atoms with Crippen LogP contribution in [0.4, 0.5) is 0 Å². The van der Waals surface area contributed by atoms with Crippen LogP contribution in [0.1, 0.15) is 44.7 Å². The van der Waals surface area contributed by atoms with Crippen molar-refractivity contribution in [1.29, 1.82) is 0 Å². The van der Waals surface area contributed by atoms with E-state index in [9.17, 15) is 9.90 Å². The van der Waals surface area contributed by atoms with E-state index in [-0.39, 0.29) is 5.91 Å². The number of carbonyl (C=O) groups is 1. The summed E-state index contributed by atoms with van der Waals surface area (Å²) in [6.07, 6.45) is 3.85. The Labute approximate surface area is 138 Å². The number of aromatic nitrogens is 1. The van der Waals surface area contributed by atoms with Gasteiger partial charge in [0, 0.05) is 23.6 Å². The lowest BCUT2D eigenvalue weighted by Gasteiger charge is -2.24. The largest absolute Gasteiger partial charge is 0.388 e. The molecule has 0 aliphatic heterocycles. The van der Waals surface area contributed by atoms with E-state index in [1.165, 1.54) is 5.56 Å². The Balaban J connectivity index is 1.91. The minimum absolute atomic E-state index is 0.0590. The van der Waals surface area contributed by atoms with Gasteiger partial charge in [-0.15, -0.1) is 0 Å². The fraction of sp³-hybridized carbons (Fsp3) is 0.526. The molecule has 1 unspecified atom stereocenters. The third-order valence-electron chi connectivity index (χ3n) is 4.20. The summed E-state index contributed by atoms with van der Waals surface area (Å²) in [5, 5.41) is 14.3. The quantitative estimate of drug-likeness (QED) is 0.733. The van der Waals surface area contributed by atoms with E-state index in [1.807, 2.05) is 25.3 Å². The lowest BCUT2D eigenvalue weighted by Crippen LogP contribution is -2.41. The van der Waals surface area contributed by atoms with E-state index >= 15 is 0 Å². The van der Waals surface area contributed by atoms with Crippen molar-refractivity contribution in [2.75, 3.05) is 6.54 Å². The van der Waals surface area contributed by atoms with E-state index in [2.05, 4.69) is 30.2 Å². The summed E-state index contributed by atoms with van der Waals surface area (Å²) >= 11 is 0. The highest BCUT2D eigenvalue weighted by molar-refractivity contribution is 5.89. The van der Waals surface area contributed by atoms with Crippen LogP contribution in [-0.2, 0) is 11.2 Å². The average molecular weight is 316 g/mol. The fourth-order valence-electron chi connectivity index (χ4n) is 2.66.